The van der Waals surface area contributed by atoms with Crippen LogP contribution < -0.4 is 0 Å². The van der Waals surface area contributed by atoms with Gasteiger partial charge in [0.15, 0.2) is 0 Å². The van der Waals surface area contributed by atoms with E-state index in [2.05, 4.69) is 12.1 Å². The lowest BCUT2D eigenvalue weighted by Crippen LogP contribution is -2.41. The minimum atomic E-state index is -0.458. The summed E-state index contributed by atoms with van der Waals surface area (Å²) in [5.41, 5.74) is 2.17. The lowest BCUT2D eigenvalue weighted by molar-refractivity contribution is 0.0434. The van der Waals surface area contributed by atoms with Crippen LogP contribution in [-0.4, -0.2) is 35.1 Å². The normalized spacial score (nSPS) is 16.5. The van der Waals surface area contributed by atoms with E-state index in [0.717, 1.165) is 31.2 Å². The Morgan fingerprint density at radius 3 is 2.54 bits per heavy atom. The van der Waals surface area contributed by atoms with Crippen LogP contribution in [0.5, 0.6) is 0 Å². The zero-order chi connectivity index (χ0) is 18.5. The molecule has 26 heavy (non-hydrogen) atoms. The summed E-state index contributed by atoms with van der Waals surface area (Å²) >= 11 is 0. The standard InChI is InChI=1S/C22H26FNO2/c1-16-7-9-19(20(23)15-16)22(26)24-13-11-18(12-14-24)21(25)10-8-17-5-3-2-4-6-17/h2-7,9,15,18,21,25H,8,10-14H2,1H3. The van der Waals surface area contributed by atoms with Crippen molar-refractivity contribution in [2.75, 3.05) is 13.1 Å². The van der Waals surface area contributed by atoms with Gasteiger partial charge in [0.05, 0.1) is 11.7 Å². The van der Waals surface area contributed by atoms with Crippen molar-refractivity contribution >= 4 is 5.91 Å². The number of benzene rings is 2. The molecule has 3 rings (SSSR count). The second-order valence-corrected chi connectivity index (χ2v) is 7.20. The van der Waals surface area contributed by atoms with Gasteiger partial charge in [-0.3, -0.25) is 4.79 Å². The molecule has 1 unspecified atom stereocenters. The molecule has 138 valence electrons. The summed E-state index contributed by atoms with van der Waals surface area (Å²) in [5, 5.41) is 10.5. The zero-order valence-corrected chi connectivity index (χ0v) is 15.2. The number of aliphatic hydroxyl groups is 1. The van der Waals surface area contributed by atoms with Gasteiger partial charge in [-0.2, -0.15) is 0 Å². The van der Waals surface area contributed by atoms with E-state index in [0.29, 0.717) is 13.1 Å². The average Bonchev–Trinajstić information content (AvgIpc) is 2.66. The number of aryl methyl sites for hydroxylation is 2. The molecular formula is C22H26FNO2. The third-order valence-corrected chi connectivity index (χ3v) is 5.30. The van der Waals surface area contributed by atoms with Gasteiger partial charge in [0.25, 0.3) is 5.91 Å². The largest absolute Gasteiger partial charge is 0.393 e. The fourth-order valence-corrected chi connectivity index (χ4v) is 3.65. The fraction of sp³-hybridized carbons (Fsp3) is 0.409. The molecule has 1 N–H and O–H groups in total. The van der Waals surface area contributed by atoms with Crippen molar-refractivity contribution in [1.29, 1.82) is 0 Å². The number of likely N-dealkylation sites (tertiary alicyclic amines) is 1. The Hall–Kier alpha value is -2.20. The lowest BCUT2D eigenvalue weighted by atomic mass is 9.88. The molecule has 1 aliphatic heterocycles. The highest BCUT2D eigenvalue weighted by atomic mass is 19.1. The molecule has 1 amide bonds. The molecule has 4 heteroatoms. The first kappa shape index (κ1) is 18.6. The number of carbonyl (C=O) groups excluding carboxylic acids is 1. The number of hydrogen-bond donors (Lipinski definition) is 1. The first-order valence-electron chi connectivity index (χ1n) is 9.32. The number of hydrogen-bond acceptors (Lipinski definition) is 2. The molecule has 0 aromatic heterocycles. The lowest BCUT2D eigenvalue weighted by Gasteiger charge is -2.34. The maximum absolute atomic E-state index is 14.0. The molecule has 0 radical (unpaired) electrons. The van der Waals surface area contributed by atoms with E-state index in [1.807, 2.05) is 18.2 Å². The number of carbonyl (C=O) groups is 1. The van der Waals surface area contributed by atoms with Gasteiger partial charge in [-0.1, -0.05) is 36.4 Å². The van der Waals surface area contributed by atoms with Crippen LogP contribution in [-0.2, 0) is 6.42 Å². The molecule has 0 aliphatic carbocycles. The summed E-state index contributed by atoms with van der Waals surface area (Å²) in [5.74, 6) is -0.509. The average molecular weight is 355 g/mol. The van der Waals surface area contributed by atoms with Crippen molar-refractivity contribution in [1.82, 2.24) is 4.90 Å². The van der Waals surface area contributed by atoms with Crippen molar-refractivity contribution in [3.8, 4) is 0 Å². The fourth-order valence-electron chi connectivity index (χ4n) is 3.65. The van der Waals surface area contributed by atoms with E-state index in [1.165, 1.54) is 11.6 Å². The highest BCUT2D eigenvalue weighted by molar-refractivity contribution is 5.94. The van der Waals surface area contributed by atoms with Gasteiger partial charge >= 0.3 is 0 Å². The molecule has 1 saturated heterocycles. The van der Waals surface area contributed by atoms with Gasteiger partial charge in [-0.05, 0) is 61.8 Å². The van der Waals surface area contributed by atoms with Crippen LogP contribution in [0.2, 0.25) is 0 Å². The van der Waals surface area contributed by atoms with E-state index in [1.54, 1.807) is 24.0 Å². The van der Waals surface area contributed by atoms with E-state index in [9.17, 15) is 14.3 Å². The number of piperidine rings is 1. The Balaban J connectivity index is 1.51. The molecule has 2 aromatic carbocycles. The van der Waals surface area contributed by atoms with Gasteiger partial charge in [0.1, 0.15) is 5.82 Å². The first-order chi connectivity index (χ1) is 12.5. The van der Waals surface area contributed by atoms with E-state index >= 15 is 0 Å². The van der Waals surface area contributed by atoms with Crippen LogP contribution in [0, 0.1) is 18.7 Å². The van der Waals surface area contributed by atoms with Gasteiger partial charge in [0, 0.05) is 13.1 Å². The number of nitrogens with zero attached hydrogens (tertiary/aromatic N) is 1. The summed E-state index contributed by atoms with van der Waals surface area (Å²) in [6.07, 6.45) is 2.75. The highest BCUT2D eigenvalue weighted by Gasteiger charge is 2.28. The Labute approximate surface area is 154 Å². The second kappa shape index (κ2) is 8.45. The maximum Gasteiger partial charge on any atom is 0.256 e. The predicted molar refractivity (Wildman–Crippen MR) is 101 cm³/mol. The monoisotopic (exact) mass is 355 g/mol. The van der Waals surface area contributed by atoms with Crippen molar-refractivity contribution in [2.45, 2.75) is 38.7 Å². The molecule has 1 aliphatic rings. The van der Waals surface area contributed by atoms with Gasteiger partial charge in [-0.25, -0.2) is 4.39 Å². The molecular weight excluding hydrogens is 329 g/mol. The van der Waals surface area contributed by atoms with Crippen LogP contribution in [0.3, 0.4) is 0 Å². The molecule has 1 atom stereocenters. The van der Waals surface area contributed by atoms with Crippen LogP contribution in [0.4, 0.5) is 4.39 Å². The van der Waals surface area contributed by atoms with Gasteiger partial charge in [0.2, 0.25) is 0 Å². The summed E-state index contributed by atoms with van der Waals surface area (Å²) in [6, 6.07) is 14.9. The number of halogens is 1. The van der Waals surface area contributed by atoms with E-state index in [-0.39, 0.29) is 23.5 Å². The first-order valence-corrected chi connectivity index (χ1v) is 9.32. The predicted octanol–water partition coefficient (Wildman–Crippen LogP) is 3.98. The SMILES string of the molecule is Cc1ccc(C(=O)N2CCC(C(O)CCc3ccccc3)CC2)c(F)c1. The third-order valence-electron chi connectivity index (χ3n) is 5.30. The maximum atomic E-state index is 14.0. The van der Waals surface area contributed by atoms with Gasteiger partial charge in [-0.15, -0.1) is 0 Å². The quantitative estimate of drug-likeness (QED) is 0.881. The minimum absolute atomic E-state index is 0.138. The smallest absolute Gasteiger partial charge is 0.256 e. The van der Waals surface area contributed by atoms with Crippen molar-refractivity contribution in [3.05, 3.63) is 71.0 Å². The second-order valence-electron chi connectivity index (χ2n) is 7.20. The van der Waals surface area contributed by atoms with E-state index < -0.39 is 5.82 Å². The Kier molecular flexibility index (Phi) is 6.04. The topological polar surface area (TPSA) is 40.5 Å². The minimum Gasteiger partial charge on any atom is -0.393 e. The van der Waals surface area contributed by atoms with Crippen molar-refractivity contribution in [2.24, 2.45) is 5.92 Å². The van der Waals surface area contributed by atoms with Gasteiger partial charge < -0.3 is 10.0 Å². The van der Waals surface area contributed by atoms with Crippen LogP contribution in [0.25, 0.3) is 0 Å². The molecule has 3 nitrogen and oxygen atoms in total. The van der Waals surface area contributed by atoms with Crippen LogP contribution in [0.15, 0.2) is 48.5 Å². The molecule has 1 fully saturated rings. The number of rotatable bonds is 5. The summed E-state index contributed by atoms with van der Waals surface area (Å²) < 4.78 is 14.0. The zero-order valence-electron chi connectivity index (χ0n) is 15.2. The Morgan fingerprint density at radius 2 is 1.88 bits per heavy atom. The molecule has 0 spiro atoms. The van der Waals surface area contributed by atoms with Crippen molar-refractivity contribution in [3.63, 3.8) is 0 Å². The molecule has 2 aromatic rings. The molecule has 0 bridgehead atoms. The highest BCUT2D eigenvalue weighted by Crippen LogP contribution is 2.25. The molecule has 0 saturated carbocycles. The third kappa shape index (κ3) is 4.50. The van der Waals surface area contributed by atoms with Crippen LogP contribution >= 0.6 is 0 Å². The Morgan fingerprint density at radius 1 is 1.19 bits per heavy atom. The Bertz CT molecular complexity index is 739. The van der Waals surface area contributed by atoms with Crippen molar-refractivity contribution < 1.29 is 14.3 Å². The van der Waals surface area contributed by atoms with E-state index in [4.69, 9.17) is 0 Å². The number of amides is 1. The molecule has 1 heterocycles. The van der Waals surface area contributed by atoms with Crippen LogP contribution in [0.1, 0.15) is 40.7 Å². The number of aliphatic hydroxyl groups excluding tert-OH is 1. The summed E-state index contributed by atoms with van der Waals surface area (Å²) in [7, 11) is 0. The summed E-state index contributed by atoms with van der Waals surface area (Å²) in [4.78, 5) is 14.2. The summed E-state index contributed by atoms with van der Waals surface area (Å²) in [6.45, 7) is 2.94.